The molecule has 0 aliphatic heterocycles. The van der Waals surface area contributed by atoms with Crippen LogP contribution in [0.4, 0.5) is 17.1 Å². The van der Waals surface area contributed by atoms with E-state index >= 15 is 0 Å². The lowest BCUT2D eigenvalue weighted by Gasteiger charge is -2.15. The van der Waals surface area contributed by atoms with Gasteiger partial charge in [-0.05, 0) is 42.8 Å². The first-order chi connectivity index (χ1) is 8.66. The summed E-state index contributed by atoms with van der Waals surface area (Å²) in [6.07, 6.45) is 0. The van der Waals surface area contributed by atoms with Crippen molar-refractivity contribution in [2.75, 3.05) is 19.0 Å². The molecule has 18 heavy (non-hydrogen) atoms. The molecule has 0 unspecified atom stereocenters. The average molecular weight is 239 g/mol. The van der Waals surface area contributed by atoms with Gasteiger partial charge in [-0.3, -0.25) is 0 Å². The van der Waals surface area contributed by atoms with Crippen LogP contribution in [0.5, 0.6) is 0 Å². The maximum absolute atomic E-state index is 4.24. The molecular formula is C15H17N3. The number of hydrogen-bond acceptors (Lipinski definition) is 3. The van der Waals surface area contributed by atoms with E-state index in [-0.39, 0.29) is 0 Å². The molecular weight excluding hydrogens is 222 g/mol. The summed E-state index contributed by atoms with van der Waals surface area (Å²) in [5, 5.41) is 8.45. The van der Waals surface area contributed by atoms with Gasteiger partial charge in [0.1, 0.15) is 0 Å². The number of hydrogen-bond donors (Lipinski definition) is 0. The molecule has 2 aromatic rings. The molecule has 0 saturated carbocycles. The standard InChI is InChI=1S/C15H17N3/c1-12-11-14(9-10-15(12)18(2)3)17-16-13-7-5-4-6-8-13/h4-11H,1-3H3/b17-16+. The van der Waals surface area contributed by atoms with Crippen LogP contribution in [-0.2, 0) is 0 Å². The molecule has 2 rings (SSSR count). The minimum atomic E-state index is 0.867. The van der Waals surface area contributed by atoms with Crippen molar-refractivity contribution in [1.29, 1.82) is 0 Å². The Hall–Kier alpha value is -2.16. The zero-order chi connectivity index (χ0) is 13.0. The number of azo groups is 1. The van der Waals surface area contributed by atoms with E-state index in [1.807, 2.05) is 56.6 Å². The van der Waals surface area contributed by atoms with E-state index in [0.717, 1.165) is 11.4 Å². The minimum absolute atomic E-state index is 0.867. The summed E-state index contributed by atoms with van der Waals surface area (Å²) >= 11 is 0. The van der Waals surface area contributed by atoms with Crippen molar-refractivity contribution >= 4 is 17.1 Å². The highest BCUT2D eigenvalue weighted by Gasteiger charge is 2.01. The quantitative estimate of drug-likeness (QED) is 0.726. The summed E-state index contributed by atoms with van der Waals surface area (Å²) in [6.45, 7) is 2.08. The van der Waals surface area contributed by atoms with Gasteiger partial charge in [-0.2, -0.15) is 10.2 Å². The van der Waals surface area contributed by atoms with Gasteiger partial charge in [0.05, 0.1) is 11.4 Å². The summed E-state index contributed by atoms with van der Waals surface area (Å²) in [5.41, 5.74) is 4.15. The topological polar surface area (TPSA) is 28.0 Å². The highest BCUT2D eigenvalue weighted by Crippen LogP contribution is 2.25. The first-order valence-electron chi connectivity index (χ1n) is 5.91. The first kappa shape index (κ1) is 12.3. The largest absolute Gasteiger partial charge is 0.377 e. The third-order valence-electron chi connectivity index (χ3n) is 2.70. The summed E-state index contributed by atoms with van der Waals surface area (Å²) in [6, 6.07) is 15.8. The molecule has 0 amide bonds. The van der Waals surface area contributed by atoms with E-state index in [9.17, 15) is 0 Å². The molecule has 0 bridgehead atoms. The molecule has 0 fully saturated rings. The Morgan fingerprint density at radius 1 is 0.833 bits per heavy atom. The zero-order valence-corrected chi connectivity index (χ0v) is 11.0. The molecule has 3 nitrogen and oxygen atoms in total. The van der Waals surface area contributed by atoms with Crippen molar-refractivity contribution in [3.8, 4) is 0 Å². The van der Waals surface area contributed by atoms with Crippen LogP contribution < -0.4 is 4.90 Å². The SMILES string of the molecule is Cc1cc(/N=N/c2ccccc2)ccc1N(C)C. The normalized spacial score (nSPS) is 10.8. The molecule has 0 spiro atoms. The van der Waals surface area contributed by atoms with Gasteiger partial charge >= 0.3 is 0 Å². The summed E-state index contributed by atoms with van der Waals surface area (Å²) in [7, 11) is 4.07. The van der Waals surface area contributed by atoms with E-state index in [1.54, 1.807) is 0 Å². The van der Waals surface area contributed by atoms with Gasteiger partial charge in [0.2, 0.25) is 0 Å². The average Bonchev–Trinajstić information content (AvgIpc) is 2.37. The van der Waals surface area contributed by atoms with Crippen molar-refractivity contribution in [3.63, 3.8) is 0 Å². The third-order valence-corrected chi connectivity index (χ3v) is 2.70. The molecule has 3 heteroatoms. The number of aryl methyl sites for hydroxylation is 1. The van der Waals surface area contributed by atoms with Crippen LogP contribution in [-0.4, -0.2) is 14.1 Å². The smallest absolute Gasteiger partial charge is 0.0861 e. The van der Waals surface area contributed by atoms with Gasteiger partial charge in [0, 0.05) is 19.8 Å². The molecule has 0 aromatic heterocycles. The molecule has 92 valence electrons. The highest BCUT2D eigenvalue weighted by molar-refractivity contribution is 5.58. The lowest BCUT2D eigenvalue weighted by atomic mass is 10.1. The molecule has 0 heterocycles. The maximum Gasteiger partial charge on any atom is 0.0861 e. The Morgan fingerprint density at radius 2 is 1.50 bits per heavy atom. The first-order valence-corrected chi connectivity index (χ1v) is 5.91. The van der Waals surface area contributed by atoms with Gasteiger partial charge in [-0.25, -0.2) is 0 Å². The van der Waals surface area contributed by atoms with E-state index in [0.29, 0.717) is 0 Å². The predicted octanol–water partition coefficient (Wildman–Crippen LogP) is 4.48. The van der Waals surface area contributed by atoms with Crippen LogP contribution in [0.25, 0.3) is 0 Å². The van der Waals surface area contributed by atoms with Crippen molar-refractivity contribution in [1.82, 2.24) is 0 Å². The molecule has 0 aliphatic carbocycles. The number of benzene rings is 2. The van der Waals surface area contributed by atoms with Crippen LogP contribution in [0.2, 0.25) is 0 Å². The second-order valence-electron chi connectivity index (χ2n) is 4.40. The van der Waals surface area contributed by atoms with Gasteiger partial charge in [-0.15, -0.1) is 0 Å². The summed E-state index contributed by atoms with van der Waals surface area (Å²) in [4.78, 5) is 2.09. The van der Waals surface area contributed by atoms with Gasteiger partial charge in [0.15, 0.2) is 0 Å². The van der Waals surface area contributed by atoms with Crippen LogP contribution in [0.1, 0.15) is 5.56 Å². The highest BCUT2D eigenvalue weighted by atomic mass is 15.1. The summed E-state index contributed by atoms with van der Waals surface area (Å²) < 4.78 is 0. The second-order valence-corrected chi connectivity index (χ2v) is 4.40. The summed E-state index contributed by atoms with van der Waals surface area (Å²) in [5.74, 6) is 0. The fourth-order valence-corrected chi connectivity index (χ4v) is 1.81. The van der Waals surface area contributed by atoms with Crippen LogP contribution in [0.3, 0.4) is 0 Å². The fourth-order valence-electron chi connectivity index (χ4n) is 1.81. The second kappa shape index (κ2) is 5.45. The lowest BCUT2D eigenvalue weighted by Crippen LogP contribution is -2.09. The van der Waals surface area contributed by atoms with Gasteiger partial charge < -0.3 is 4.90 Å². The van der Waals surface area contributed by atoms with E-state index in [4.69, 9.17) is 0 Å². The Balaban J connectivity index is 2.21. The lowest BCUT2D eigenvalue weighted by molar-refractivity contribution is 1.11. The Labute approximate surface area is 108 Å². The maximum atomic E-state index is 4.24. The molecule has 0 radical (unpaired) electrons. The Morgan fingerprint density at radius 3 is 2.11 bits per heavy atom. The Kier molecular flexibility index (Phi) is 3.72. The van der Waals surface area contributed by atoms with Crippen molar-refractivity contribution in [2.24, 2.45) is 10.2 Å². The predicted molar refractivity (Wildman–Crippen MR) is 76.1 cm³/mol. The zero-order valence-electron chi connectivity index (χ0n) is 11.0. The minimum Gasteiger partial charge on any atom is -0.377 e. The van der Waals surface area contributed by atoms with E-state index in [1.165, 1.54) is 11.3 Å². The van der Waals surface area contributed by atoms with Crippen LogP contribution in [0, 0.1) is 6.92 Å². The monoisotopic (exact) mass is 239 g/mol. The third kappa shape index (κ3) is 2.94. The molecule has 0 saturated heterocycles. The van der Waals surface area contributed by atoms with Gasteiger partial charge in [0.25, 0.3) is 0 Å². The van der Waals surface area contributed by atoms with Crippen molar-refractivity contribution in [2.45, 2.75) is 6.92 Å². The van der Waals surface area contributed by atoms with Crippen LogP contribution in [0.15, 0.2) is 58.8 Å². The number of nitrogens with zero attached hydrogens (tertiary/aromatic N) is 3. The van der Waals surface area contributed by atoms with E-state index < -0.39 is 0 Å². The number of rotatable bonds is 3. The molecule has 0 aliphatic rings. The van der Waals surface area contributed by atoms with Crippen LogP contribution >= 0.6 is 0 Å². The van der Waals surface area contributed by atoms with Gasteiger partial charge in [-0.1, -0.05) is 18.2 Å². The fraction of sp³-hybridized carbons (Fsp3) is 0.200. The molecule has 2 aromatic carbocycles. The van der Waals surface area contributed by atoms with Crippen molar-refractivity contribution < 1.29 is 0 Å². The van der Waals surface area contributed by atoms with E-state index in [2.05, 4.69) is 28.1 Å². The van der Waals surface area contributed by atoms with Crippen molar-refractivity contribution in [3.05, 3.63) is 54.1 Å². The molecule has 0 N–H and O–H groups in total. The molecule has 0 atom stereocenters. The Bertz CT molecular complexity index is 545. The number of anilines is 1.